The Morgan fingerprint density at radius 1 is 1.24 bits per heavy atom. The van der Waals surface area contributed by atoms with E-state index in [0.717, 1.165) is 31.5 Å². The summed E-state index contributed by atoms with van der Waals surface area (Å²) >= 11 is 0. The van der Waals surface area contributed by atoms with E-state index >= 15 is 0 Å². The van der Waals surface area contributed by atoms with Crippen LogP contribution in [-0.2, 0) is 19.7 Å². The molecule has 0 unspecified atom stereocenters. The summed E-state index contributed by atoms with van der Waals surface area (Å²) in [6.07, 6.45) is 1.78. The van der Waals surface area contributed by atoms with E-state index in [1.807, 2.05) is 12.0 Å². The Morgan fingerprint density at radius 3 is 2.44 bits per heavy atom. The molecule has 1 aliphatic heterocycles. The number of amides is 1. The van der Waals surface area contributed by atoms with Crippen molar-refractivity contribution in [3.05, 3.63) is 23.3 Å². The summed E-state index contributed by atoms with van der Waals surface area (Å²) in [6, 6.07) is 3.40. The minimum Gasteiger partial charge on any atom is -0.495 e. The van der Waals surface area contributed by atoms with Crippen molar-refractivity contribution in [2.45, 2.75) is 38.0 Å². The van der Waals surface area contributed by atoms with E-state index in [-0.39, 0.29) is 23.0 Å². The van der Waals surface area contributed by atoms with Gasteiger partial charge in [-0.1, -0.05) is 6.07 Å². The van der Waals surface area contributed by atoms with Crippen LogP contribution >= 0.6 is 0 Å². The Bertz CT molecular complexity index is 725. The van der Waals surface area contributed by atoms with Crippen LogP contribution in [0.1, 0.15) is 30.4 Å². The Morgan fingerprint density at radius 2 is 1.88 bits per heavy atom. The summed E-state index contributed by atoms with van der Waals surface area (Å²) < 4.78 is 32.7. The lowest BCUT2D eigenvalue weighted by atomic mass is 9.94. The second-order valence-corrected chi connectivity index (χ2v) is 8.02. The van der Waals surface area contributed by atoms with Gasteiger partial charge in [-0.25, -0.2) is 13.1 Å². The van der Waals surface area contributed by atoms with Gasteiger partial charge in [-0.05, 0) is 49.8 Å². The zero-order valence-electron chi connectivity index (χ0n) is 15.2. The molecule has 1 fully saturated rings. The SMILES string of the molecule is COc1cc(C)cc(C)c1S(=O)(=O)NC(=O)CC1CCN(OC)CC1. The van der Waals surface area contributed by atoms with E-state index < -0.39 is 15.9 Å². The highest BCUT2D eigenvalue weighted by molar-refractivity contribution is 7.90. The maximum atomic E-state index is 12.7. The van der Waals surface area contributed by atoms with Crippen molar-refractivity contribution in [3.63, 3.8) is 0 Å². The molecule has 0 aliphatic carbocycles. The first kappa shape index (κ1) is 19.7. The number of benzene rings is 1. The van der Waals surface area contributed by atoms with Gasteiger partial charge in [0.05, 0.1) is 14.2 Å². The predicted molar refractivity (Wildman–Crippen MR) is 93.7 cm³/mol. The van der Waals surface area contributed by atoms with Crippen LogP contribution in [0.15, 0.2) is 17.0 Å². The molecule has 1 saturated heterocycles. The summed E-state index contributed by atoms with van der Waals surface area (Å²) in [7, 11) is -0.938. The molecule has 2 rings (SSSR count). The number of hydroxylamine groups is 2. The number of rotatable bonds is 6. The first-order valence-electron chi connectivity index (χ1n) is 8.26. The topological polar surface area (TPSA) is 84.9 Å². The van der Waals surface area contributed by atoms with Crippen molar-refractivity contribution in [2.75, 3.05) is 27.3 Å². The van der Waals surface area contributed by atoms with Crippen LogP contribution in [0.2, 0.25) is 0 Å². The Kier molecular flexibility index (Phi) is 6.42. The molecule has 8 heteroatoms. The number of aryl methyl sites for hydroxylation is 2. The fraction of sp³-hybridized carbons (Fsp3) is 0.588. The summed E-state index contributed by atoms with van der Waals surface area (Å²) in [6.45, 7) is 5.03. The highest BCUT2D eigenvalue weighted by Gasteiger charge is 2.27. The summed E-state index contributed by atoms with van der Waals surface area (Å²) in [5.41, 5.74) is 1.44. The minimum atomic E-state index is -3.98. The number of carbonyl (C=O) groups excluding carboxylic acids is 1. The van der Waals surface area contributed by atoms with Gasteiger partial charge in [-0.3, -0.25) is 4.79 Å². The smallest absolute Gasteiger partial charge is 0.268 e. The lowest BCUT2D eigenvalue weighted by Crippen LogP contribution is -2.37. The van der Waals surface area contributed by atoms with Crippen LogP contribution in [0.25, 0.3) is 0 Å². The third kappa shape index (κ3) is 4.93. The predicted octanol–water partition coefficient (Wildman–Crippen LogP) is 1.78. The minimum absolute atomic E-state index is 0.0168. The van der Waals surface area contributed by atoms with E-state index in [4.69, 9.17) is 9.57 Å². The Hall–Kier alpha value is -1.64. The van der Waals surface area contributed by atoms with Crippen LogP contribution < -0.4 is 9.46 Å². The van der Waals surface area contributed by atoms with Crippen molar-refractivity contribution < 1.29 is 22.8 Å². The normalized spacial score (nSPS) is 16.6. The van der Waals surface area contributed by atoms with Crippen molar-refractivity contribution in [3.8, 4) is 5.75 Å². The number of hydrogen-bond acceptors (Lipinski definition) is 6. The van der Waals surface area contributed by atoms with Gasteiger partial charge in [-0.15, -0.1) is 0 Å². The molecule has 0 radical (unpaired) electrons. The largest absolute Gasteiger partial charge is 0.495 e. The number of nitrogens with zero attached hydrogens (tertiary/aromatic N) is 1. The van der Waals surface area contributed by atoms with Gasteiger partial charge in [0.25, 0.3) is 10.0 Å². The van der Waals surface area contributed by atoms with Crippen LogP contribution in [0.4, 0.5) is 0 Å². The molecule has 25 heavy (non-hydrogen) atoms. The monoisotopic (exact) mass is 370 g/mol. The molecular formula is C17H26N2O5S. The number of sulfonamides is 1. The van der Waals surface area contributed by atoms with Gasteiger partial charge in [0, 0.05) is 19.5 Å². The van der Waals surface area contributed by atoms with E-state index in [9.17, 15) is 13.2 Å². The van der Waals surface area contributed by atoms with Gasteiger partial charge in [0.2, 0.25) is 5.91 Å². The number of ether oxygens (including phenoxy) is 1. The molecule has 0 bridgehead atoms. The summed E-state index contributed by atoms with van der Waals surface area (Å²) in [5.74, 6) is -0.0910. The zero-order valence-corrected chi connectivity index (χ0v) is 16.0. The Labute approximate surface area is 149 Å². The first-order valence-corrected chi connectivity index (χ1v) is 9.75. The average Bonchev–Trinajstić information content (AvgIpc) is 2.53. The molecule has 1 aromatic carbocycles. The molecule has 1 aliphatic rings. The third-order valence-electron chi connectivity index (χ3n) is 4.43. The molecule has 0 saturated carbocycles. The molecule has 1 aromatic rings. The second-order valence-electron chi connectivity index (χ2n) is 6.40. The van der Waals surface area contributed by atoms with Crippen LogP contribution in [0.5, 0.6) is 5.75 Å². The van der Waals surface area contributed by atoms with Gasteiger partial charge >= 0.3 is 0 Å². The molecule has 7 nitrogen and oxygen atoms in total. The van der Waals surface area contributed by atoms with Crippen molar-refractivity contribution >= 4 is 15.9 Å². The van der Waals surface area contributed by atoms with E-state index in [1.165, 1.54) is 7.11 Å². The van der Waals surface area contributed by atoms with Crippen LogP contribution in [0.3, 0.4) is 0 Å². The molecule has 0 spiro atoms. The Balaban J connectivity index is 2.08. The van der Waals surface area contributed by atoms with E-state index in [1.54, 1.807) is 26.2 Å². The zero-order chi connectivity index (χ0) is 18.6. The fourth-order valence-electron chi connectivity index (χ4n) is 3.21. The van der Waals surface area contributed by atoms with E-state index in [2.05, 4.69) is 4.72 Å². The molecule has 0 aromatic heterocycles. The first-order chi connectivity index (χ1) is 11.8. The summed E-state index contributed by atoms with van der Waals surface area (Å²) in [4.78, 5) is 17.4. The van der Waals surface area contributed by atoms with Gasteiger partial charge in [0.1, 0.15) is 10.6 Å². The molecular weight excluding hydrogens is 344 g/mol. The maximum absolute atomic E-state index is 12.7. The number of nitrogens with one attached hydrogen (secondary N) is 1. The fourth-order valence-corrected chi connectivity index (χ4v) is 4.59. The summed E-state index contributed by atoms with van der Waals surface area (Å²) in [5, 5.41) is 1.84. The van der Waals surface area contributed by atoms with Gasteiger partial charge in [-0.2, -0.15) is 5.06 Å². The van der Waals surface area contributed by atoms with Crippen molar-refractivity contribution in [1.29, 1.82) is 0 Å². The maximum Gasteiger partial charge on any atom is 0.268 e. The van der Waals surface area contributed by atoms with Gasteiger partial charge < -0.3 is 9.57 Å². The number of piperidine rings is 1. The quantitative estimate of drug-likeness (QED) is 0.822. The van der Waals surface area contributed by atoms with Crippen molar-refractivity contribution in [2.24, 2.45) is 5.92 Å². The van der Waals surface area contributed by atoms with Crippen molar-refractivity contribution in [1.82, 2.24) is 9.79 Å². The second kappa shape index (κ2) is 8.16. The lowest BCUT2D eigenvalue weighted by molar-refractivity contribution is -0.149. The number of carbonyl (C=O) groups is 1. The van der Waals surface area contributed by atoms with E-state index in [0.29, 0.717) is 5.56 Å². The molecule has 140 valence electrons. The molecule has 1 N–H and O–H groups in total. The molecule has 1 amide bonds. The number of hydrogen-bond donors (Lipinski definition) is 1. The third-order valence-corrected chi connectivity index (χ3v) is 5.98. The average molecular weight is 370 g/mol. The standard InChI is InChI=1S/C17H26N2O5S/c1-12-9-13(2)17(15(10-12)23-3)25(21,22)18-16(20)11-14-5-7-19(24-4)8-6-14/h9-10,14H,5-8,11H2,1-4H3,(H,18,20). The van der Waals surface area contributed by atoms with Crippen LogP contribution in [0, 0.1) is 19.8 Å². The van der Waals surface area contributed by atoms with Gasteiger partial charge in [0.15, 0.2) is 0 Å². The molecule has 0 atom stereocenters. The highest BCUT2D eigenvalue weighted by Crippen LogP contribution is 2.29. The highest BCUT2D eigenvalue weighted by atomic mass is 32.2. The van der Waals surface area contributed by atoms with Crippen LogP contribution in [-0.4, -0.2) is 46.7 Å². The lowest BCUT2D eigenvalue weighted by Gasteiger charge is -2.29. The molecule has 1 heterocycles. The number of methoxy groups -OCH3 is 1.